The third kappa shape index (κ3) is 5.27. The van der Waals surface area contributed by atoms with Crippen molar-refractivity contribution in [3.8, 4) is 0 Å². The van der Waals surface area contributed by atoms with Gasteiger partial charge in [0.25, 0.3) is 0 Å². The van der Waals surface area contributed by atoms with Crippen molar-refractivity contribution in [1.82, 2.24) is 30.4 Å². The summed E-state index contributed by atoms with van der Waals surface area (Å²) in [6.45, 7) is 4.99. The summed E-state index contributed by atoms with van der Waals surface area (Å²) in [4.78, 5) is 13.1. The molecule has 3 rings (SSSR count). The lowest BCUT2D eigenvalue weighted by Gasteiger charge is -2.12. The van der Waals surface area contributed by atoms with Gasteiger partial charge in [-0.15, -0.1) is 24.0 Å². The van der Waals surface area contributed by atoms with Gasteiger partial charge in [-0.25, -0.2) is 15.0 Å². The fourth-order valence-corrected chi connectivity index (χ4v) is 3.02. The second-order valence-corrected chi connectivity index (χ2v) is 6.19. The Hall–Kier alpha value is -1.95. The first kappa shape index (κ1) is 20.4. The fourth-order valence-electron chi connectivity index (χ4n) is 2.36. The average Bonchev–Trinajstić information content (AvgIpc) is 3.27. The van der Waals surface area contributed by atoms with Gasteiger partial charge in [-0.3, -0.25) is 4.68 Å². The van der Waals surface area contributed by atoms with E-state index < -0.39 is 0 Å². The molecule has 0 bridgehead atoms. The van der Waals surface area contributed by atoms with Crippen LogP contribution in [0.25, 0.3) is 11.0 Å². The summed E-state index contributed by atoms with van der Waals surface area (Å²) in [5.41, 5.74) is 2.04. The van der Waals surface area contributed by atoms with Crippen LogP contribution in [0.5, 0.6) is 0 Å². The highest BCUT2D eigenvalue weighted by Gasteiger charge is 2.07. The van der Waals surface area contributed by atoms with Gasteiger partial charge in [-0.05, 0) is 29.3 Å². The van der Waals surface area contributed by atoms with Crippen LogP contribution in [0.1, 0.15) is 12.5 Å². The van der Waals surface area contributed by atoms with E-state index >= 15 is 0 Å². The summed E-state index contributed by atoms with van der Waals surface area (Å²) in [6.07, 6.45) is 3.32. The van der Waals surface area contributed by atoms with Gasteiger partial charge in [0.1, 0.15) is 12.1 Å². The Labute approximate surface area is 173 Å². The smallest absolute Gasteiger partial charge is 0.191 e. The summed E-state index contributed by atoms with van der Waals surface area (Å²) >= 11 is 1.69. The third-order valence-electron chi connectivity index (χ3n) is 3.58. The van der Waals surface area contributed by atoms with E-state index in [2.05, 4.69) is 59.8 Å². The van der Waals surface area contributed by atoms with E-state index in [0.29, 0.717) is 13.1 Å². The Morgan fingerprint density at radius 2 is 2.15 bits per heavy atom. The number of aromatic nitrogens is 4. The van der Waals surface area contributed by atoms with Crippen molar-refractivity contribution < 1.29 is 0 Å². The number of rotatable bonds is 7. The first-order valence-corrected chi connectivity index (χ1v) is 9.12. The van der Waals surface area contributed by atoms with Crippen LogP contribution < -0.4 is 16.0 Å². The molecule has 26 heavy (non-hydrogen) atoms. The monoisotopic (exact) mass is 486 g/mol. The van der Waals surface area contributed by atoms with E-state index in [4.69, 9.17) is 0 Å². The zero-order valence-corrected chi connectivity index (χ0v) is 17.9. The van der Waals surface area contributed by atoms with Crippen molar-refractivity contribution in [1.29, 1.82) is 0 Å². The van der Waals surface area contributed by atoms with Crippen molar-refractivity contribution in [2.24, 2.45) is 12.0 Å². The highest BCUT2D eigenvalue weighted by atomic mass is 127. The van der Waals surface area contributed by atoms with Crippen molar-refractivity contribution in [3.05, 3.63) is 34.9 Å². The largest absolute Gasteiger partial charge is 0.368 e. The Morgan fingerprint density at radius 3 is 2.92 bits per heavy atom. The molecular weight excluding hydrogens is 463 g/mol. The fraction of sp³-hybridized carbons (Fsp3) is 0.375. The maximum atomic E-state index is 4.59. The number of anilines is 1. The van der Waals surface area contributed by atoms with Crippen LogP contribution in [0.15, 0.2) is 34.3 Å². The first-order chi connectivity index (χ1) is 12.3. The Balaban J connectivity index is 0.00000243. The molecule has 3 aromatic rings. The second kappa shape index (κ2) is 10.3. The Kier molecular flexibility index (Phi) is 8.04. The normalized spacial score (nSPS) is 11.2. The zero-order chi connectivity index (χ0) is 17.5. The zero-order valence-electron chi connectivity index (χ0n) is 14.8. The second-order valence-electron chi connectivity index (χ2n) is 5.41. The number of nitrogens with one attached hydrogen (secondary N) is 3. The lowest BCUT2D eigenvalue weighted by Crippen LogP contribution is -2.39. The van der Waals surface area contributed by atoms with Crippen molar-refractivity contribution >= 4 is 58.1 Å². The van der Waals surface area contributed by atoms with Crippen LogP contribution in [0.3, 0.4) is 0 Å². The summed E-state index contributed by atoms with van der Waals surface area (Å²) in [6, 6.07) is 2.09. The Bertz CT molecular complexity index is 830. The topological polar surface area (TPSA) is 92.1 Å². The van der Waals surface area contributed by atoms with Crippen LogP contribution in [-0.4, -0.2) is 45.3 Å². The van der Waals surface area contributed by atoms with Crippen molar-refractivity contribution in [2.45, 2.75) is 13.5 Å². The molecule has 0 amide bonds. The van der Waals surface area contributed by atoms with Gasteiger partial charge in [-0.1, -0.05) is 0 Å². The molecule has 0 radical (unpaired) electrons. The van der Waals surface area contributed by atoms with Gasteiger partial charge >= 0.3 is 0 Å². The minimum Gasteiger partial charge on any atom is -0.368 e. The van der Waals surface area contributed by atoms with Gasteiger partial charge in [-0.2, -0.15) is 16.4 Å². The molecule has 0 aromatic carbocycles. The van der Waals surface area contributed by atoms with Crippen LogP contribution in [0.4, 0.5) is 5.82 Å². The van der Waals surface area contributed by atoms with Crippen molar-refractivity contribution in [2.75, 3.05) is 25.0 Å². The summed E-state index contributed by atoms with van der Waals surface area (Å²) in [5, 5.41) is 19.2. The molecule has 0 spiro atoms. The number of nitrogens with zero attached hydrogens (tertiary/aromatic N) is 5. The van der Waals surface area contributed by atoms with Gasteiger partial charge in [0.15, 0.2) is 11.6 Å². The van der Waals surface area contributed by atoms with Gasteiger partial charge in [0, 0.05) is 26.7 Å². The molecule has 0 aliphatic rings. The molecule has 8 nitrogen and oxygen atoms in total. The molecule has 3 heterocycles. The molecule has 0 fully saturated rings. The van der Waals surface area contributed by atoms with E-state index in [1.807, 2.05) is 7.05 Å². The highest BCUT2D eigenvalue weighted by molar-refractivity contribution is 14.0. The standard InChI is InChI=1S/C16H22N8S.HI/c1-3-17-16(20-8-12-4-7-25-10-12)19-6-5-18-14-13-9-23-24(2)15(13)22-11-21-14;/h4,7,9-11H,3,5-6,8H2,1-2H3,(H2,17,19,20)(H,18,21,22);1H. The summed E-state index contributed by atoms with van der Waals surface area (Å²) in [5.74, 6) is 1.60. The summed E-state index contributed by atoms with van der Waals surface area (Å²) < 4.78 is 1.74. The predicted octanol–water partition coefficient (Wildman–Crippen LogP) is 2.21. The van der Waals surface area contributed by atoms with E-state index in [-0.39, 0.29) is 24.0 Å². The minimum atomic E-state index is 0. The number of guanidine groups is 1. The van der Waals surface area contributed by atoms with Crippen LogP contribution >= 0.6 is 35.3 Å². The van der Waals surface area contributed by atoms with Crippen LogP contribution in [0.2, 0.25) is 0 Å². The van der Waals surface area contributed by atoms with Gasteiger partial charge in [0.2, 0.25) is 0 Å². The SMILES string of the molecule is CCNC(=NCc1ccsc1)NCCNc1ncnc2c1cnn2C.I. The van der Waals surface area contributed by atoms with E-state index in [0.717, 1.165) is 35.9 Å². The average molecular weight is 486 g/mol. The molecule has 0 saturated carbocycles. The lowest BCUT2D eigenvalue weighted by molar-refractivity contribution is 0.785. The Morgan fingerprint density at radius 1 is 1.27 bits per heavy atom. The number of hydrogen-bond acceptors (Lipinski definition) is 6. The van der Waals surface area contributed by atoms with E-state index in [1.165, 1.54) is 5.56 Å². The number of aryl methyl sites for hydroxylation is 1. The third-order valence-corrected chi connectivity index (χ3v) is 4.32. The van der Waals surface area contributed by atoms with Crippen molar-refractivity contribution in [3.63, 3.8) is 0 Å². The quantitative estimate of drug-likeness (QED) is 0.205. The van der Waals surface area contributed by atoms with Gasteiger partial charge < -0.3 is 16.0 Å². The maximum absolute atomic E-state index is 4.59. The minimum absolute atomic E-state index is 0. The number of aliphatic imine (C=N–C) groups is 1. The van der Waals surface area contributed by atoms with E-state index in [9.17, 15) is 0 Å². The molecule has 0 saturated heterocycles. The van der Waals surface area contributed by atoms with Crippen LogP contribution in [0, 0.1) is 0 Å². The van der Waals surface area contributed by atoms with E-state index in [1.54, 1.807) is 28.5 Å². The van der Waals surface area contributed by atoms with Crippen LogP contribution in [-0.2, 0) is 13.6 Å². The molecule has 10 heteroatoms. The van der Waals surface area contributed by atoms with Gasteiger partial charge in [0.05, 0.1) is 18.1 Å². The molecule has 0 aliphatic heterocycles. The molecular formula is C16H23IN8S. The molecule has 0 unspecified atom stereocenters. The first-order valence-electron chi connectivity index (χ1n) is 8.17. The number of thiophene rings is 1. The number of hydrogen-bond donors (Lipinski definition) is 3. The molecule has 0 atom stereocenters. The summed E-state index contributed by atoms with van der Waals surface area (Å²) in [7, 11) is 1.87. The molecule has 140 valence electrons. The molecule has 0 aliphatic carbocycles. The highest BCUT2D eigenvalue weighted by Crippen LogP contribution is 2.17. The number of fused-ring (bicyclic) bond motifs is 1. The molecule has 3 aromatic heterocycles. The predicted molar refractivity (Wildman–Crippen MR) is 117 cm³/mol. The lowest BCUT2D eigenvalue weighted by atomic mass is 10.3. The number of halogens is 1. The maximum Gasteiger partial charge on any atom is 0.191 e. The molecule has 3 N–H and O–H groups in total.